The normalized spacial score (nSPS) is 22.1. The summed E-state index contributed by atoms with van der Waals surface area (Å²) < 4.78 is 4.94. The number of ether oxygens (including phenoxy) is 1. The number of aliphatic carboxylic acids is 1. The van der Waals surface area contributed by atoms with Crippen LogP contribution >= 0.6 is 0 Å². The summed E-state index contributed by atoms with van der Waals surface area (Å²) in [4.78, 5) is 24.3. The van der Waals surface area contributed by atoms with Gasteiger partial charge < -0.3 is 14.7 Å². The molecule has 1 fully saturated rings. The van der Waals surface area contributed by atoms with Crippen LogP contribution in [0.1, 0.15) is 26.2 Å². The first kappa shape index (κ1) is 13.0. The van der Waals surface area contributed by atoms with Gasteiger partial charge in [-0.3, -0.25) is 9.59 Å². The van der Waals surface area contributed by atoms with Crippen molar-refractivity contribution in [3.63, 3.8) is 0 Å². The third kappa shape index (κ3) is 3.20. The highest BCUT2D eigenvalue weighted by molar-refractivity contribution is 5.80. The number of carboxylic acid groups (broad SMARTS) is 1. The van der Waals surface area contributed by atoms with Crippen LogP contribution in [0, 0.1) is 5.92 Å². The van der Waals surface area contributed by atoms with Gasteiger partial charge >= 0.3 is 5.97 Å². The van der Waals surface area contributed by atoms with Crippen LogP contribution in [0.25, 0.3) is 0 Å². The molecule has 1 aliphatic rings. The Morgan fingerprint density at radius 2 is 2.25 bits per heavy atom. The van der Waals surface area contributed by atoms with Crippen molar-refractivity contribution in [2.24, 2.45) is 5.92 Å². The van der Waals surface area contributed by atoms with Crippen molar-refractivity contribution < 1.29 is 19.4 Å². The Morgan fingerprint density at radius 1 is 1.56 bits per heavy atom. The first-order valence-corrected chi connectivity index (χ1v) is 5.57. The van der Waals surface area contributed by atoms with E-state index in [1.165, 1.54) is 0 Å². The molecule has 0 aromatic rings. The number of methoxy groups -OCH3 is 1. The maximum Gasteiger partial charge on any atom is 0.305 e. The lowest BCUT2D eigenvalue weighted by atomic mass is 10.1. The molecule has 1 aliphatic heterocycles. The third-order valence-corrected chi connectivity index (χ3v) is 2.91. The molecule has 0 aromatic heterocycles. The number of carboxylic acids is 1. The van der Waals surface area contributed by atoms with Gasteiger partial charge in [0, 0.05) is 19.7 Å². The standard InChI is InChI=1S/C11H19NO4/c1-8(7-16-2)11(15)12-5-3-4-9(12)6-10(13)14/h8-9H,3-7H2,1-2H3,(H,13,14). The molecule has 5 nitrogen and oxygen atoms in total. The van der Waals surface area contributed by atoms with Crippen molar-refractivity contribution in [2.75, 3.05) is 20.3 Å². The Labute approximate surface area is 95.4 Å². The van der Waals surface area contributed by atoms with E-state index in [0.717, 1.165) is 12.8 Å². The van der Waals surface area contributed by atoms with Crippen molar-refractivity contribution >= 4 is 11.9 Å². The number of carbonyl (C=O) groups excluding carboxylic acids is 1. The number of hydrogen-bond acceptors (Lipinski definition) is 3. The Hall–Kier alpha value is -1.10. The molecule has 0 aliphatic carbocycles. The second-order valence-corrected chi connectivity index (χ2v) is 4.28. The van der Waals surface area contributed by atoms with E-state index >= 15 is 0 Å². The van der Waals surface area contributed by atoms with Crippen LogP contribution in [-0.2, 0) is 14.3 Å². The Balaban J connectivity index is 2.56. The highest BCUT2D eigenvalue weighted by atomic mass is 16.5. The predicted octanol–water partition coefficient (Wildman–Crippen LogP) is 0.735. The van der Waals surface area contributed by atoms with Crippen LogP contribution in [0.5, 0.6) is 0 Å². The van der Waals surface area contributed by atoms with Gasteiger partial charge in [0.2, 0.25) is 5.91 Å². The van der Waals surface area contributed by atoms with Crippen LogP contribution in [0.15, 0.2) is 0 Å². The second-order valence-electron chi connectivity index (χ2n) is 4.28. The minimum Gasteiger partial charge on any atom is -0.481 e. The quantitative estimate of drug-likeness (QED) is 0.755. The zero-order valence-corrected chi connectivity index (χ0v) is 9.81. The molecule has 16 heavy (non-hydrogen) atoms. The van der Waals surface area contributed by atoms with Gasteiger partial charge in [-0.1, -0.05) is 6.92 Å². The van der Waals surface area contributed by atoms with Crippen LogP contribution in [-0.4, -0.2) is 48.2 Å². The largest absolute Gasteiger partial charge is 0.481 e. The van der Waals surface area contributed by atoms with E-state index in [0.29, 0.717) is 13.2 Å². The number of nitrogens with zero attached hydrogens (tertiary/aromatic N) is 1. The minimum absolute atomic E-state index is 0.00519. The molecule has 5 heteroatoms. The lowest BCUT2D eigenvalue weighted by molar-refractivity contribution is -0.141. The van der Waals surface area contributed by atoms with Crippen molar-refractivity contribution in [1.82, 2.24) is 4.90 Å². The molecular formula is C11H19NO4. The van der Waals surface area contributed by atoms with Gasteiger partial charge in [0.25, 0.3) is 0 Å². The SMILES string of the molecule is COCC(C)C(=O)N1CCCC1CC(=O)O. The van der Waals surface area contributed by atoms with Crippen LogP contribution < -0.4 is 0 Å². The number of rotatable bonds is 5. The fourth-order valence-corrected chi connectivity index (χ4v) is 2.14. The molecule has 0 spiro atoms. The van der Waals surface area contributed by atoms with Crippen molar-refractivity contribution in [3.8, 4) is 0 Å². The summed E-state index contributed by atoms with van der Waals surface area (Å²) in [6.45, 7) is 2.86. The zero-order valence-electron chi connectivity index (χ0n) is 9.81. The van der Waals surface area contributed by atoms with Crippen molar-refractivity contribution in [2.45, 2.75) is 32.2 Å². The molecular weight excluding hydrogens is 210 g/mol. The van der Waals surface area contributed by atoms with Gasteiger partial charge in [-0.2, -0.15) is 0 Å². The van der Waals surface area contributed by atoms with Gasteiger partial charge in [-0.15, -0.1) is 0 Å². The van der Waals surface area contributed by atoms with E-state index < -0.39 is 5.97 Å². The molecule has 92 valence electrons. The van der Waals surface area contributed by atoms with E-state index in [9.17, 15) is 9.59 Å². The monoisotopic (exact) mass is 229 g/mol. The molecule has 0 saturated carbocycles. The van der Waals surface area contributed by atoms with Gasteiger partial charge in [0.1, 0.15) is 0 Å². The Morgan fingerprint density at radius 3 is 2.81 bits per heavy atom. The van der Waals surface area contributed by atoms with Gasteiger partial charge in [0.05, 0.1) is 18.9 Å². The lowest BCUT2D eigenvalue weighted by Gasteiger charge is -2.26. The van der Waals surface area contributed by atoms with Crippen LogP contribution in [0.2, 0.25) is 0 Å². The number of amides is 1. The Kier molecular flexibility index (Phi) is 4.73. The molecule has 0 aromatic carbocycles. The summed E-state index contributed by atoms with van der Waals surface area (Å²) in [5.41, 5.74) is 0. The molecule has 1 amide bonds. The molecule has 2 unspecified atom stereocenters. The zero-order chi connectivity index (χ0) is 12.1. The van der Waals surface area contributed by atoms with Gasteiger partial charge in [0.15, 0.2) is 0 Å². The average Bonchev–Trinajstić information content (AvgIpc) is 2.64. The molecule has 1 N–H and O–H groups in total. The van der Waals surface area contributed by atoms with E-state index in [4.69, 9.17) is 9.84 Å². The fraction of sp³-hybridized carbons (Fsp3) is 0.818. The third-order valence-electron chi connectivity index (χ3n) is 2.91. The summed E-state index contributed by atoms with van der Waals surface area (Å²) in [5.74, 6) is -1.03. The predicted molar refractivity (Wildman–Crippen MR) is 58.0 cm³/mol. The van der Waals surface area contributed by atoms with Gasteiger partial charge in [-0.25, -0.2) is 0 Å². The Bertz CT molecular complexity index is 267. The first-order chi connectivity index (χ1) is 7.56. The summed E-state index contributed by atoms with van der Waals surface area (Å²) in [5, 5.41) is 8.75. The average molecular weight is 229 g/mol. The van der Waals surface area contributed by atoms with Crippen molar-refractivity contribution in [1.29, 1.82) is 0 Å². The van der Waals surface area contributed by atoms with Gasteiger partial charge in [-0.05, 0) is 12.8 Å². The van der Waals surface area contributed by atoms with E-state index in [1.54, 1.807) is 12.0 Å². The molecule has 1 heterocycles. The highest BCUT2D eigenvalue weighted by Gasteiger charge is 2.32. The topological polar surface area (TPSA) is 66.8 Å². The summed E-state index contributed by atoms with van der Waals surface area (Å²) in [6, 6.07) is -0.135. The molecule has 1 rings (SSSR count). The fourth-order valence-electron chi connectivity index (χ4n) is 2.14. The second kappa shape index (κ2) is 5.84. The number of hydrogen-bond donors (Lipinski definition) is 1. The van der Waals surface area contributed by atoms with Crippen molar-refractivity contribution in [3.05, 3.63) is 0 Å². The number of carbonyl (C=O) groups is 2. The molecule has 0 bridgehead atoms. The highest BCUT2D eigenvalue weighted by Crippen LogP contribution is 2.22. The van der Waals surface area contributed by atoms with E-state index in [2.05, 4.69) is 0 Å². The molecule has 2 atom stereocenters. The number of likely N-dealkylation sites (tertiary alicyclic amines) is 1. The smallest absolute Gasteiger partial charge is 0.305 e. The lowest BCUT2D eigenvalue weighted by Crippen LogP contribution is -2.41. The first-order valence-electron chi connectivity index (χ1n) is 5.57. The van der Waals surface area contributed by atoms with Crippen LogP contribution in [0.3, 0.4) is 0 Å². The van der Waals surface area contributed by atoms with E-state index in [-0.39, 0.29) is 24.3 Å². The molecule has 1 saturated heterocycles. The summed E-state index contributed by atoms with van der Waals surface area (Å²) >= 11 is 0. The summed E-state index contributed by atoms with van der Waals surface area (Å²) in [6.07, 6.45) is 1.73. The minimum atomic E-state index is -0.843. The maximum absolute atomic E-state index is 12.0. The van der Waals surface area contributed by atoms with E-state index in [1.807, 2.05) is 6.92 Å². The molecule has 0 radical (unpaired) electrons. The van der Waals surface area contributed by atoms with Crippen LogP contribution in [0.4, 0.5) is 0 Å². The summed E-state index contributed by atoms with van der Waals surface area (Å²) in [7, 11) is 1.56. The maximum atomic E-state index is 12.0.